The molecule has 26 heavy (non-hydrogen) atoms. The Hall–Kier alpha value is -2.50. The van der Waals surface area contributed by atoms with E-state index in [1.165, 1.54) is 0 Å². The summed E-state index contributed by atoms with van der Waals surface area (Å²) in [5.74, 6) is 1.68. The average molecular weight is 349 g/mol. The zero-order valence-corrected chi connectivity index (χ0v) is 14.7. The number of aliphatic hydroxyl groups excluding tert-OH is 1. The minimum absolute atomic E-state index is 0.296. The van der Waals surface area contributed by atoms with Crippen LogP contribution < -0.4 is 0 Å². The lowest BCUT2D eigenvalue weighted by atomic mass is 9.96. The maximum absolute atomic E-state index is 10.4. The molecule has 2 heterocycles. The largest absolute Gasteiger partial charge is 0.387 e. The van der Waals surface area contributed by atoms with Gasteiger partial charge in [0.1, 0.15) is 0 Å². The molecule has 2 aromatic carbocycles. The van der Waals surface area contributed by atoms with Gasteiger partial charge in [0, 0.05) is 18.0 Å². The average Bonchev–Trinajstić information content (AvgIpc) is 3.20. The second-order valence-corrected chi connectivity index (χ2v) is 6.82. The Morgan fingerprint density at radius 3 is 2.35 bits per heavy atom. The minimum atomic E-state index is -0.444. The molecule has 1 fully saturated rings. The number of benzene rings is 2. The Morgan fingerprint density at radius 2 is 1.65 bits per heavy atom. The van der Waals surface area contributed by atoms with Crippen molar-refractivity contribution in [2.45, 2.75) is 24.9 Å². The van der Waals surface area contributed by atoms with Gasteiger partial charge < -0.3 is 14.5 Å². The molecule has 1 unspecified atom stereocenters. The van der Waals surface area contributed by atoms with Gasteiger partial charge in [-0.2, -0.15) is 4.98 Å². The summed E-state index contributed by atoms with van der Waals surface area (Å²) in [5, 5.41) is 14.5. The van der Waals surface area contributed by atoms with E-state index in [-0.39, 0.29) is 0 Å². The van der Waals surface area contributed by atoms with E-state index in [1.54, 1.807) is 0 Å². The van der Waals surface area contributed by atoms with Crippen LogP contribution in [0.1, 0.15) is 36.3 Å². The highest BCUT2D eigenvalue weighted by Crippen LogP contribution is 2.29. The standard InChI is InChI=1S/C21H23N3O2/c25-19(16-7-3-1-4-8-16)15-24-13-11-18(12-14-24)21-22-20(23-26-21)17-9-5-2-6-10-17/h1-10,18-19,25H,11-15H2. The Balaban J connectivity index is 1.33. The van der Waals surface area contributed by atoms with Crippen molar-refractivity contribution in [1.82, 2.24) is 15.0 Å². The lowest BCUT2D eigenvalue weighted by molar-refractivity contribution is 0.0941. The van der Waals surface area contributed by atoms with Crippen molar-refractivity contribution < 1.29 is 9.63 Å². The summed E-state index contributed by atoms with van der Waals surface area (Å²) in [6.07, 6.45) is 1.50. The number of hydrogen-bond acceptors (Lipinski definition) is 5. The summed E-state index contributed by atoms with van der Waals surface area (Å²) in [7, 11) is 0. The van der Waals surface area contributed by atoms with Crippen molar-refractivity contribution in [1.29, 1.82) is 0 Å². The van der Waals surface area contributed by atoms with Crippen LogP contribution in [-0.4, -0.2) is 39.8 Å². The fourth-order valence-electron chi connectivity index (χ4n) is 3.49. The van der Waals surface area contributed by atoms with Crippen molar-refractivity contribution in [3.05, 3.63) is 72.1 Å². The van der Waals surface area contributed by atoms with Crippen molar-refractivity contribution in [2.24, 2.45) is 0 Å². The third kappa shape index (κ3) is 3.84. The third-order valence-electron chi connectivity index (χ3n) is 5.03. The summed E-state index contributed by atoms with van der Waals surface area (Å²) in [5.41, 5.74) is 1.95. The molecule has 1 atom stereocenters. The fourth-order valence-corrected chi connectivity index (χ4v) is 3.49. The fraction of sp³-hybridized carbons (Fsp3) is 0.333. The van der Waals surface area contributed by atoms with Crippen molar-refractivity contribution in [3.63, 3.8) is 0 Å². The molecule has 5 nitrogen and oxygen atoms in total. The van der Waals surface area contributed by atoms with Crippen molar-refractivity contribution in [3.8, 4) is 11.4 Å². The number of piperidine rings is 1. The van der Waals surface area contributed by atoms with Gasteiger partial charge in [-0.25, -0.2) is 0 Å². The lowest BCUT2D eigenvalue weighted by Crippen LogP contribution is -2.36. The van der Waals surface area contributed by atoms with Crippen molar-refractivity contribution >= 4 is 0 Å². The first-order chi connectivity index (χ1) is 12.8. The lowest BCUT2D eigenvalue weighted by Gasteiger charge is -2.31. The summed E-state index contributed by atoms with van der Waals surface area (Å²) in [4.78, 5) is 6.90. The zero-order valence-electron chi connectivity index (χ0n) is 14.7. The molecule has 1 aliphatic heterocycles. The van der Waals surface area contributed by atoms with E-state index in [1.807, 2.05) is 60.7 Å². The van der Waals surface area contributed by atoms with E-state index < -0.39 is 6.10 Å². The van der Waals surface area contributed by atoms with Crippen LogP contribution in [0.4, 0.5) is 0 Å². The SMILES string of the molecule is OC(CN1CCC(c2nc(-c3ccccc3)no2)CC1)c1ccccc1. The van der Waals surface area contributed by atoms with Crippen LogP contribution in [0.15, 0.2) is 65.2 Å². The topological polar surface area (TPSA) is 62.4 Å². The van der Waals surface area contributed by atoms with E-state index in [0.29, 0.717) is 18.3 Å². The molecule has 1 aliphatic rings. The second-order valence-electron chi connectivity index (χ2n) is 6.82. The molecular formula is C21H23N3O2. The molecule has 5 heteroatoms. The molecule has 0 bridgehead atoms. The predicted molar refractivity (Wildman–Crippen MR) is 99.6 cm³/mol. The molecular weight excluding hydrogens is 326 g/mol. The van der Waals surface area contributed by atoms with Gasteiger partial charge >= 0.3 is 0 Å². The van der Waals surface area contributed by atoms with Crippen molar-refractivity contribution in [2.75, 3.05) is 19.6 Å². The summed E-state index contributed by atoms with van der Waals surface area (Å²) in [6.45, 7) is 2.52. The predicted octanol–water partition coefficient (Wildman–Crippen LogP) is 3.65. The highest BCUT2D eigenvalue weighted by Gasteiger charge is 2.26. The van der Waals surface area contributed by atoms with Crippen LogP contribution in [0, 0.1) is 0 Å². The van der Waals surface area contributed by atoms with Gasteiger partial charge in [0.25, 0.3) is 0 Å². The Kier molecular flexibility index (Phi) is 5.09. The van der Waals surface area contributed by atoms with Gasteiger partial charge in [0.2, 0.25) is 11.7 Å². The Morgan fingerprint density at radius 1 is 1.00 bits per heavy atom. The van der Waals surface area contributed by atoms with Crippen LogP contribution in [0.25, 0.3) is 11.4 Å². The summed E-state index contributed by atoms with van der Waals surface area (Å²) < 4.78 is 5.52. The molecule has 0 saturated carbocycles. The van der Waals surface area contributed by atoms with Crippen LogP contribution in [-0.2, 0) is 0 Å². The molecule has 1 N–H and O–H groups in total. The van der Waals surface area contributed by atoms with Gasteiger partial charge in [-0.1, -0.05) is 65.8 Å². The Labute approximate surface area is 153 Å². The molecule has 0 radical (unpaired) electrons. The van der Waals surface area contributed by atoms with E-state index in [0.717, 1.165) is 42.9 Å². The monoisotopic (exact) mass is 349 g/mol. The van der Waals surface area contributed by atoms with Gasteiger partial charge in [-0.05, 0) is 31.5 Å². The number of aromatic nitrogens is 2. The molecule has 3 aromatic rings. The maximum Gasteiger partial charge on any atom is 0.230 e. The molecule has 1 aromatic heterocycles. The zero-order chi connectivity index (χ0) is 17.8. The molecule has 0 spiro atoms. The van der Waals surface area contributed by atoms with E-state index in [9.17, 15) is 5.11 Å². The minimum Gasteiger partial charge on any atom is -0.387 e. The molecule has 134 valence electrons. The Bertz CT molecular complexity index is 812. The molecule has 0 amide bonds. The number of nitrogens with zero attached hydrogens (tertiary/aromatic N) is 3. The quantitative estimate of drug-likeness (QED) is 0.762. The first-order valence-electron chi connectivity index (χ1n) is 9.14. The van der Waals surface area contributed by atoms with Crippen LogP contribution in [0.2, 0.25) is 0 Å². The summed E-state index contributed by atoms with van der Waals surface area (Å²) >= 11 is 0. The highest BCUT2D eigenvalue weighted by molar-refractivity contribution is 5.53. The van der Waals surface area contributed by atoms with Gasteiger partial charge in [0.15, 0.2) is 0 Å². The third-order valence-corrected chi connectivity index (χ3v) is 5.03. The molecule has 0 aliphatic carbocycles. The number of likely N-dealkylation sites (tertiary alicyclic amines) is 1. The number of β-amino-alcohol motifs (C(OH)–C–C–N with tert-alkyl or cyclic N) is 1. The molecule has 1 saturated heterocycles. The van der Waals surface area contributed by atoms with E-state index >= 15 is 0 Å². The van der Waals surface area contributed by atoms with E-state index in [4.69, 9.17) is 4.52 Å². The highest BCUT2D eigenvalue weighted by atomic mass is 16.5. The number of rotatable bonds is 5. The maximum atomic E-state index is 10.4. The van der Waals surface area contributed by atoms with Gasteiger partial charge in [-0.15, -0.1) is 0 Å². The number of aliphatic hydroxyl groups is 1. The molecule has 4 rings (SSSR count). The second kappa shape index (κ2) is 7.81. The number of hydrogen-bond donors (Lipinski definition) is 1. The van der Waals surface area contributed by atoms with E-state index in [2.05, 4.69) is 15.0 Å². The van der Waals surface area contributed by atoms with Crippen LogP contribution in [0.5, 0.6) is 0 Å². The van der Waals surface area contributed by atoms with Gasteiger partial charge in [0.05, 0.1) is 6.10 Å². The van der Waals surface area contributed by atoms with Crippen LogP contribution >= 0.6 is 0 Å². The smallest absolute Gasteiger partial charge is 0.230 e. The normalized spacial score (nSPS) is 17.3. The van der Waals surface area contributed by atoms with Crippen LogP contribution in [0.3, 0.4) is 0 Å². The first-order valence-corrected chi connectivity index (χ1v) is 9.14. The van der Waals surface area contributed by atoms with Gasteiger partial charge in [-0.3, -0.25) is 0 Å². The summed E-state index contributed by atoms with van der Waals surface area (Å²) in [6, 6.07) is 19.7. The first kappa shape index (κ1) is 16.9.